The highest BCUT2D eigenvalue weighted by Crippen LogP contribution is 2.05. The molecule has 0 saturated carbocycles. The molecule has 0 unspecified atom stereocenters. The van der Waals surface area contributed by atoms with Crippen LogP contribution < -0.4 is 5.32 Å². The van der Waals surface area contributed by atoms with Crippen LogP contribution in [-0.4, -0.2) is 32.8 Å². The van der Waals surface area contributed by atoms with Gasteiger partial charge < -0.3 is 10.4 Å². The molecule has 0 saturated heterocycles. The SMILES string of the molecule is CCCC[C@@H](NC(=O)c1cc(C)nn1C)C(=O)O. The molecule has 0 bridgehead atoms. The van der Waals surface area contributed by atoms with Crippen molar-refractivity contribution in [1.29, 1.82) is 0 Å². The van der Waals surface area contributed by atoms with E-state index in [1.54, 1.807) is 20.0 Å². The van der Waals surface area contributed by atoms with Gasteiger partial charge in [0.25, 0.3) is 5.91 Å². The van der Waals surface area contributed by atoms with Crippen LogP contribution in [0.2, 0.25) is 0 Å². The fraction of sp³-hybridized carbons (Fsp3) is 0.583. The first-order valence-corrected chi connectivity index (χ1v) is 6.00. The van der Waals surface area contributed by atoms with Crippen molar-refractivity contribution in [3.63, 3.8) is 0 Å². The minimum atomic E-state index is -1.00. The van der Waals surface area contributed by atoms with Gasteiger partial charge in [0, 0.05) is 7.05 Å². The second kappa shape index (κ2) is 6.18. The molecule has 18 heavy (non-hydrogen) atoms. The van der Waals surface area contributed by atoms with E-state index in [4.69, 9.17) is 5.11 Å². The molecule has 6 heteroatoms. The molecule has 100 valence electrons. The molecular formula is C12H19N3O3. The summed E-state index contributed by atoms with van der Waals surface area (Å²) in [6, 6.07) is 0.793. The monoisotopic (exact) mass is 253 g/mol. The topological polar surface area (TPSA) is 84.2 Å². The zero-order valence-electron chi connectivity index (χ0n) is 10.9. The summed E-state index contributed by atoms with van der Waals surface area (Å²) in [4.78, 5) is 22.9. The summed E-state index contributed by atoms with van der Waals surface area (Å²) in [5.74, 6) is -1.41. The summed E-state index contributed by atoms with van der Waals surface area (Å²) in [5.41, 5.74) is 1.10. The van der Waals surface area contributed by atoms with Crippen LogP contribution in [0.5, 0.6) is 0 Å². The molecule has 0 radical (unpaired) electrons. The van der Waals surface area contributed by atoms with Crippen LogP contribution in [0.15, 0.2) is 6.07 Å². The number of carbonyl (C=O) groups is 2. The molecule has 1 heterocycles. The number of hydrogen-bond acceptors (Lipinski definition) is 3. The maximum atomic E-state index is 11.9. The first-order chi connectivity index (χ1) is 8.45. The Kier molecular flexibility index (Phi) is 4.88. The van der Waals surface area contributed by atoms with Crippen molar-refractivity contribution in [2.24, 2.45) is 7.05 Å². The van der Waals surface area contributed by atoms with Crippen molar-refractivity contribution in [2.45, 2.75) is 39.2 Å². The Morgan fingerprint density at radius 2 is 2.22 bits per heavy atom. The normalized spacial score (nSPS) is 12.2. The van der Waals surface area contributed by atoms with E-state index in [9.17, 15) is 9.59 Å². The van der Waals surface area contributed by atoms with E-state index < -0.39 is 17.9 Å². The smallest absolute Gasteiger partial charge is 0.326 e. The number of aliphatic carboxylic acids is 1. The number of rotatable bonds is 6. The molecule has 1 aromatic rings. The van der Waals surface area contributed by atoms with Gasteiger partial charge >= 0.3 is 5.97 Å². The summed E-state index contributed by atoms with van der Waals surface area (Å²) in [5, 5.41) is 15.6. The molecule has 0 spiro atoms. The van der Waals surface area contributed by atoms with Crippen LogP contribution in [0.25, 0.3) is 0 Å². The molecule has 1 rings (SSSR count). The molecule has 1 aromatic heterocycles. The molecular weight excluding hydrogens is 234 g/mol. The third-order valence-corrected chi connectivity index (χ3v) is 2.68. The second-order valence-corrected chi connectivity index (χ2v) is 4.30. The van der Waals surface area contributed by atoms with Crippen LogP contribution in [0, 0.1) is 6.92 Å². The lowest BCUT2D eigenvalue weighted by Crippen LogP contribution is -2.41. The van der Waals surface area contributed by atoms with E-state index >= 15 is 0 Å². The van der Waals surface area contributed by atoms with E-state index in [-0.39, 0.29) is 0 Å². The van der Waals surface area contributed by atoms with E-state index in [0.717, 1.165) is 18.5 Å². The van der Waals surface area contributed by atoms with Crippen molar-refractivity contribution >= 4 is 11.9 Å². The highest BCUT2D eigenvalue weighted by Gasteiger charge is 2.21. The zero-order chi connectivity index (χ0) is 13.7. The molecule has 6 nitrogen and oxygen atoms in total. The number of aromatic nitrogens is 2. The molecule has 0 aliphatic rings. The largest absolute Gasteiger partial charge is 0.480 e. The van der Waals surface area contributed by atoms with Crippen LogP contribution in [0.1, 0.15) is 42.4 Å². The Bertz CT molecular complexity index is 440. The quantitative estimate of drug-likeness (QED) is 0.795. The Hall–Kier alpha value is -1.85. The third kappa shape index (κ3) is 3.58. The Balaban J connectivity index is 2.72. The average molecular weight is 253 g/mol. The molecule has 0 aromatic carbocycles. The van der Waals surface area contributed by atoms with Crippen molar-refractivity contribution in [3.05, 3.63) is 17.5 Å². The number of amides is 1. The second-order valence-electron chi connectivity index (χ2n) is 4.30. The predicted octanol–water partition coefficient (Wildman–Crippen LogP) is 1.10. The van der Waals surface area contributed by atoms with Crippen LogP contribution >= 0.6 is 0 Å². The lowest BCUT2D eigenvalue weighted by molar-refractivity contribution is -0.139. The number of nitrogens with one attached hydrogen (secondary N) is 1. The lowest BCUT2D eigenvalue weighted by atomic mass is 10.1. The predicted molar refractivity (Wildman–Crippen MR) is 66.4 cm³/mol. The average Bonchev–Trinajstić information content (AvgIpc) is 2.63. The van der Waals surface area contributed by atoms with E-state index in [1.807, 2.05) is 6.92 Å². The van der Waals surface area contributed by atoms with Gasteiger partial charge in [-0.1, -0.05) is 19.8 Å². The van der Waals surface area contributed by atoms with Gasteiger partial charge in [-0.3, -0.25) is 9.48 Å². The fourth-order valence-electron chi connectivity index (χ4n) is 1.72. The summed E-state index contributed by atoms with van der Waals surface area (Å²) in [6.45, 7) is 3.76. The minimum Gasteiger partial charge on any atom is -0.480 e. The molecule has 0 fully saturated rings. The van der Waals surface area contributed by atoms with Crippen LogP contribution in [-0.2, 0) is 11.8 Å². The standard InChI is InChI=1S/C12H19N3O3/c1-4-5-6-9(12(17)18)13-11(16)10-7-8(2)14-15(10)3/h7,9H,4-6H2,1-3H3,(H,13,16)(H,17,18)/t9-/m1/s1. The van der Waals surface area contributed by atoms with Gasteiger partial charge in [-0.15, -0.1) is 0 Å². The van der Waals surface area contributed by atoms with Gasteiger partial charge in [-0.25, -0.2) is 4.79 Å². The Labute approximate surface area is 106 Å². The summed E-state index contributed by atoms with van der Waals surface area (Å²) in [6.07, 6.45) is 2.10. The molecule has 0 aliphatic heterocycles. The third-order valence-electron chi connectivity index (χ3n) is 2.68. The van der Waals surface area contributed by atoms with Gasteiger partial charge in [-0.2, -0.15) is 5.10 Å². The van der Waals surface area contributed by atoms with E-state index in [2.05, 4.69) is 10.4 Å². The number of hydrogen-bond donors (Lipinski definition) is 2. The van der Waals surface area contributed by atoms with Crippen molar-refractivity contribution in [3.8, 4) is 0 Å². The Morgan fingerprint density at radius 1 is 1.56 bits per heavy atom. The minimum absolute atomic E-state index is 0.371. The van der Waals surface area contributed by atoms with Gasteiger partial charge in [0.15, 0.2) is 0 Å². The number of aryl methyl sites for hydroxylation is 2. The zero-order valence-corrected chi connectivity index (χ0v) is 10.9. The van der Waals surface area contributed by atoms with Gasteiger partial charge in [0.1, 0.15) is 11.7 Å². The lowest BCUT2D eigenvalue weighted by Gasteiger charge is -2.13. The summed E-state index contributed by atoms with van der Waals surface area (Å²) in [7, 11) is 1.66. The van der Waals surface area contributed by atoms with Gasteiger partial charge in [-0.05, 0) is 19.4 Å². The Morgan fingerprint density at radius 3 is 2.67 bits per heavy atom. The van der Waals surface area contributed by atoms with Crippen LogP contribution in [0.3, 0.4) is 0 Å². The number of nitrogens with zero attached hydrogens (tertiary/aromatic N) is 2. The highest BCUT2D eigenvalue weighted by atomic mass is 16.4. The maximum Gasteiger partial charge on any atom is 0.326 e. The molecule has 1 atom stereocenters. The highest BCUT2D eigenvalue weighted by molar-refractivity contribution is 5.95. The molecule has 2 N–H and O–H groups in total. The van der Waals surface area contributed by atoms with Crippen molar-refractivity contribution in [2.75, 3.05) is 0 Å². The number of carboxylic acid groups (broad SMARTS) is 1. The van der Waals surface area contributed by atoms with Crippen molar-refractivity contribution < 1.29 is 14.7 Å². The van der Waals surface area contributed by atoms with E-state index in [1.165, 1.54) is 4.68 Å². The van der Waals surface area contributed by atoms with Crippen LogP contribution in [0.4, 0.5) is 0 Å². The number of carbonyl (C=O) groups excluding carboxylic acids is 1. The number of unbranched alkanes of at least 4 members (excludes halogenated alkanes) is 1. The van der Waals surface area contributed by atoms with Gasteiger partial charge in [0.05, 0.1) is 5.69 Å². The first kappa shape index (κ1) is 14.2. The molecule has 1 amide bonds. The first-order valence-electron chi connectivity index (χ1n) is 6.00. The van der Waals surface area contributed by atoms with Gasteiger partial charge in [0.2, 0.25) is 0 Å². The summed E-state index contributed by atoms with van der Waals surface area (Å²) < 4.78 is 1.45. The fourth-order valence-corrected chi connectivity index (χ4v) is 1.72. The van der Waals surface area contributed by atoms with E-state index in [0.29, 0.717) is 12.1 Å². The summed E-state index contributed by atoms with van der Waals surface area (Å²) >= 11 is 0. The number of carboxylic acids is 1. The maximum absolute atomic E-state index is 11.9. The molecule has 0 aliphatic carbocycles. The van der Waals surface area contributed by atoms with Crippen molar-refractivity contribution in [1.82, 2.24) is 15.1 Å².